The number of hydrogen-bond acceptors (Lipinski definition) is 3. The number of carbonyl (C=O) groups is 2. The Kier molecular flexibility index (Phi) is 5.09. The van der Waals surface area contributed by atoms with Crippen molar-refractivity contribution in [3.05, 3.63) is 53.6 Å². The monoisotopic (exact) mass is 286 g/mol. The molecular weight excluding hydrogens is 268 g/mol. The molecule has 0 atom stereocenters. The van der Waals surface area contributed by atoms with E-state index >= 15 is 0 Å². The molecule has 1 aromatic carbocycles. The lowest BCUT2D eigenvalue weighted by Crippen LogP contribution is -2.37. The molecule has 0 saturated carbocycles. The standard InChI is InChI=1S/C15H18N4O2/c1-11-3-2-4-12(9-11)15(21)19-10-14(20)18-6-5-13-16-7-8-17-13/h2-4,7-9H,5-6,10H2,1H3,(H,16,17)(H,18,20)(H,19,21). The molecule has 0 spiro atoms. The second-order valence-corrected chi connectivity index (χ2v) is 4.69. The van der Waals surface area contributed by atoms with Gasteiger partial charge in [-0.3, -0.25) is 9.59 Å². The summed E-state index contributed by atoms with van der Waals surface area (Å²) in [5, 5.41) is 5.32. The molecule has 1 heterocycles. The van der Waals surface area contributed by atoms with Crippen molar-refractivity contribution in [2.75, 3.05) is 13.1 Å². The van der Waals surface area contributed by atoms with Crippen LogP contribution >= 0.6 is 0 Å². The Morgan fingerprint density at radius 3 is 2.86 bits per heavy atom. The zero-order chi connectivity index (χ0) is 15.1. The van der Waals surface area contributed by atoms with Gasteiger partial charge in [0.1, 0.15) is 5.82 Å². The number of imidazole rings is 1. The molecule has 110 valence electrons. The molecule has 2 rings (SSSR count). The fraction of sp³-hybridized carbons (Fsp3) is 0.267. The maximum absolute atomic E-state index is 11.9. The summed E-state index contributed by atoms with van der Waals surface area (Å²) in [5.41, 5.74) is 1.56. The van der Waals surface area contributed by atoms with Gasteiger partial charge in [-0.25, -0.2) is 4.98 Å². The van der Waals surface area contributed by atoms with Crippen molar-refractivity contribution in [2.24, 2.45) is 0 Å². The molecule has 0 unspecified atom stereocenters. The summed E-state index contributed by atoms with van der Waals surface area (Å²) in [5.74, 6) is 0.349. The van der Waals surface area contributed by atoms with Crippen LogP contribution in [-0.4, -0.2) is 34.9 Å². The van der Waals surface area contributed by atoms with Gasteiger partial charge in [0.05, 0.1) is 6.54 Å². The maximum Gasteiger partial charge on any atom is 0.251 e. The minimum absolute atomic E-state index is 0.0368. The first kappa shape index (κ1) is 14.8. The lowest BCUT2D eigenvalue weighted by molar-refractivity contribution is -0.120. The number of hydrogen-bond donors (Lipinski definition) is 3. The SMILES string of the molecule is Cc1cccc(C(=O)NCC(=O)NCCc2ncc[nH]2)c1. The lowest BCUT2D eigenvalue weighted by atomic mass is 10.1. The summed E-state index contributed by atoms with van der Waals surface area (Å²) in [6.07, 6.45) is 4.03. The van der Waals surface area contributed by atoms with Crippen LogP contribution < -0.4 is 10.6 Å². The Balaban J connectivity index is 1.70. The number of rotatable bonds is 6. The minimum atomic E-state index is -0.250. The topological polar surface area (TPSA) is 86.9 Å². The molecule has 0 aliphatic rings. The number of nitrogens with zero attached hydrogens (tertiary/aromatic N) is 1. The molecule has 0 saturated heterocycles. The van der Waals surface area contributed by atoms with E-state index in [0.29, 0.717) is 18.5 Å². The smallest absolute Gasteiger partial charge is 0.251 e. The molecule has 2 amide bonds. The summed E-state index contributed by atoms with van der Waals surface area (Å²) < 4.78 is 0. The van der Waals surface area contributed by atoms with Gasteiger partial charge in [-0.15, -0.1) is 0 Å². The van der Waals surface area contributed by atoms with E-state index in [1.165, 1.54) is 0 Å². The number of amides is 2. The highest BCUT2D eigenvalue weighted by Gasteiger charge is 2.07. The highest BCUT2D eigenvalue weighted by atomic mass is 16.2. The number of aromatic nitrogens is 2. The normalized spacial score (nSPS) is 10.1. The van der Waals surface area contributed by atoms with E-state index in [1.807, 2.05) is 19.1 Å². The second-order valence-electron chi connectivity index (χ2n) is 4.69. The first-order valence-corrected chi connectivity index (χ1v) is 6.75. The molecule has 0 fully saturated rings. The summed E-state index contributed by atoms with van der Waals surface area (Å²) in [7, 11) is 0. The van der Waals surface area contributed by atoms with E-state index in [4.69, 9.17) is 0 Å². The molecule has 0 aliphatic carbocycles. The largest absolute Gasteiger partial charge is 0.354 e. The van der Waals surface area contributed by atoms with Crippen LogP contribution in [0.2, 0.25) is 0 Å². The van der Waals surface area contributed by atoms with Crippen LogP contribution in [0.5, 0.6) is 0 Å². The van der Waals surface area contributed by atoms with Gasteiger partial charge in [0.25, 0.3) is 5.91 Å². The maximum atomic E-state index is 11.9. The fourth-order valence-corrected chi connectivity index (χ4v) is 1.87. The minimum Gasteiger partial charge on any atom is -0.354 e. The Hall–Kier alpha value is -2.63. The number of carbonyl (C=O) groups excluding carboxylic acids is 2. The fourth-order valence-electron chi connectivity index (χ4n) is 1.87. The van der Waals surface area contributed by atoms with Crippen LogP contribution in [0.4, 0.5) is 0 Å². The van der Waals surface area contributed by atoms with Crippen LogP contribution in [0.25, 0.3) is 0 Å². The molecule has 6 nitrogen and oxygen atoms in total. The average Bonchev–Trinajstić information content (AvgIpc) is 2.98. The van der Waals surface area contributed by atoms with Crippen LogP contribution in [0.3, 0.4) is 0 Å². The van der Waals surface area contributed by atoms with Gasteiger partial charge in [-0.2, -0.15) is 0 Å². The molecule has 21 heavy (non-hydrogen) atoms. The highest BCUT2D eigenvalue weighted by Crippen LogP contribution is 2.03. The number of aryl methyl sites for hydroxylation is 1. The molecule has 6 heteroatoms. The third kappa shape index (κ3) is 4.76. The van der Waals surface area contributed by atoms with E-state index in [2.05, 4.69) is 20.6 Å². The molecule has 0 aliphatic heterocycles. The van der Waals surface area contributed by atoms with Crippen LogP contribution in [-0.2, 0) is 11.2 Å². The lowest BCUT2D eigenvalue weighted by Gasteiger charge is -2.07. The number of nitrogens with one attached hydrogen (secondary N) is 3. The van der Waals surface area contributed by atoms with Crippen molar-refractivity contribution in [1.82, 2.24) is 20.6 Å². The summed E-state index contributed by atoms with van der Waals surface area (Å²) in [6.45, 7) is 2.36. The third-order valence-electron chi connectivity index (χ3n) is 2.93. The van der Waals surface area contributed by atoms with E-state index in [9.17, 15) is 9.59 Å². The van der Waals surface area contributed by atoms with Crippen molar-refractivity contribution in [3.8, 4) is 0 Å². The van der Waals surface area contributed by atoms with Crippen molar-refractivity contribution in [1.29, 1.82) is 0 Å². The van der Waals surface area contributed by atoms with Gasteiger partial charge in [0.2, 0.25) is 5.91 Å². The highest BCUT2D eigenvalue weighted by molar-refractivity contribution is 5.96. The number of benzene rings is 1. The first-order valence-electron chi connectivity index (χ1n) is 6.75. The molecule has 1 aromatic heterocycles. The predicted molar refractivity (Wildman–Crippen MR) is 78.8 cm³/mol. The van der Waals surface area contributed by atoms with Gasteiger partial charge in [-0.05, 0) is 19.1 Å². The van der Waals surface area contributed by atoms with Gasteiger partial charge in [-0.1, -0.05) is 17.7 Å². The average molecular weight is 286 g/mol. The zero-order valence-electron chi connectivity index (χ0n) is 11.8. The van der Waals surface area contributed by atoms with Gasteiger partial charge in [0.15, 0.2) is 0 Å². The zero-order valence-corrected chi connectivity index (χ0v) is 11.8. The summed E-state index contributed by atoms with van der Waals surface area (Å²) in [4.78, 5) is 30.5. The third-order valence-corrected chi connectivity index (χ3v) is 2.93. The Morgan fingerprint density at radius 2 is 2.14 bits per heavy atom. The van der Waals surface area contributed by atoms with E-state index in [-0.39, 0.29) is 18.4 Å². The Morgan fingerprint density at radius 1 is 1.29 bits per heavy atom. The summed E-state index contributed by atoms with van der Waals surface area (Å²) in [6, 6.07) is 7.23. The first-order chi connectivity index (χ1) is 10.1. The van der Waals surface area contributed by atoms with Crippen LogP contribution in [0.15, 0.2) is 36.7 Å². The van der Waals surface area contributed by atoms with E-state index in [0.717, 1.165) is 11.4 Å². The quantitative estimate of drug-likeness (QED) is 0.734. The Labute approximate surface area is 123 Å². The van der Waals surface area contributed by atoms with E-state index < -0.39 is 0 Å². The predicted octanol–water partition coefficient (Wildman–Crippen LogP) is 0.807. The molecule has 3 N–H and O–H groups in total. The van der Waals surface area contributed by atoms with Crippen molar-refractivity contribution >= 4 is 11.8 Å². The van der Waals surface area contributed by atoms with Crippen LogP contribution in [0, 0.1) is 6.92 Å². The van der Waals surface area contributed by atoms with E-state index in [1.54, 1.807) is 24.5 Å². The molecule has 0 bridgehead atoms. The van der Waals surface area contributed by atoms with Crippen molar-refractivity contribution < 1.29 is 9.59 Å². The van der Waals surface area contributed by atoms with Crippen molar-refractivity contribution in [3.63, 3.8) is 0 Å². The molecule has 0 radical (unpaired) electrons. The Bertz CT molecular complexity index is 608. The molecule has 2 aromatic rings. The van der Waals surface area contributed by atoms with Crippen LogP contribution in [0.1, 0.15) is 21.7 Å². The van der Waals surface area contributed by atoms with Gasteiger partial charge < -0.3 is 15.6 Å². The van der Waals surface area contributed by atoms with Crippen molar-refractivity contribution in [2.45, 2.75) is 13.3 Å². The second kappa shape index (κ2) is 7.23. The number of H-pyrrole nitrogens is 1. The summed E-state index contributed by atoms with van der Waals surface area (Å²) >= 11 is 0. The number of aromatic amines is 1. The van der Waals surface area contributed by atoms with Gasteiger partial charge in [0, 0.05) is 30.9 Å². The van der Waals surface area contributed by atoms with Gasteiger partial charge >= 0.3 is 0 Å². The molecular formula is C15H18N4O2.